The normalized spacial score (nSPS) is 19.1. The smallest absolute Gasteiger partial charge is 0.308 e. The minimum Gasteiger partial charge on any atom is -0.308 e. The van der Waals surface area contributed by atoms with Crippen LogP contribution < -0.4 is 10.2 Å². The van der Waals surface area contributed by atoms with Gasteiger partial charge in [-0.05, 0) is 73.0 Å². The van der Waals surface area contributed by atoms with Crippen LogP contribution in [0.25, 0.3) is 0 Å². The van der Waals surface area contributed by atoms with Gasteiger partial charge >= 0.3 is 6.03 Å². The number of amides is 3. The molecule has 1 fully saturated rings. The Balaban J connectivity index is 1.52. The van der Waals surface area contributed by atoms with Gasteiger partial charge in [0.15, 0.2) is 4.87 Å². The molecule has 0 bridgehead atoms. The number of anilines is 2. The molecule has 3 amide bonds. The molecular weight excluding hydrogens is 456 g/mol. The lowest BCUT2D eigenvalue weighted by Crippen LogP contribution is -2.51. The van der Waals surface area contributed by atoms with Gasteiger partial charge in [-0.1, -0.05) is 18.2 Å². The summed E-state index contributed by atoms with van der Waals surface area (Å²) < 4.78 is 28.2. The van der Waals surface area contributed by atoms with E-state index in [9.17, 15) is 18.4 Å². The zero-order valence-corrected chi connectivity index (χ0v) is 19.6. The Morgan fingerprint density at radius 3 is 2.59 bits per heavy atom. The van der Waals surface area contributed by atoms with Gasteiger partial charge in [-0.2, -0.15) is 0 Å². The molecule has 5 nitrogen and oxygen atoms in total. The standard InChI is InChI=1S/C26H23F2N3O2S/c1-16-6-8-21(12-17(16)2)29-25(33)31-10-11-34-26(31)22-14-20(28)7-9-23(22)30(24(26)32)15-18-4-3-5-19(27)13-18/h3-9,12-14H,10-11,15H2,1-2H3,(H,29,33)/t26-/m0/s1. The highest BCUT2D eigenvalue weighted by molar-refractivity contribution is 8.01. The van der Waals surface area contributed by atoms with E-state index in [1.54, 1.807) is 18.2 Å². The summed E-state index contributed by atoms with van der Waals surface area (Å²) >= 11 is 1.32. The van der Waals surface area contributed by atoms with Crippen molar-refractivity contribution in [1.29, 1.82) is 0 Å². The summed E-state index contributed by atoms with van der Waals surface area (Å²) in [6.45, 7) is 4.39. The van der Waals surface area contributed by atoms with Crippen LogP contribution in [0.15, 0.2) is 60.7 Å². The summed E-state index contributed by atoms with van der Waals surface area (Å²) in [5, 5.41) is 2.90. The summed E-state index contributed by atoms with van der Waals surface area (Å²) in [6.07, 6.45) is 0. The van der Waals surface area contributed by atoms with E-state index in [-0.39, 0.29) is 12.5 Å². The quantitative estimate of drug-likeness (QED) is 0.535. The molecule has 1 atom stereocenters. The highest BCUT2D eigenvalue weighted by Crippen LogP contribution is 2.54. The number of carbonyl (C=O) groups is 2. The van der Waals surface area contributed by atoms with Crippen LogP contribution in [-0.4, -0.2) is 29.1 Å². The van der Waals surface area contributed by atoms with E-state index in [2.05, 4.69) is 5.32 Å². The van der Waals surface area contributed by atoms with Crippen LogP contribution in [-0.2, 0) is 16.2 Å². The van der Waals surface area contributed by atoms with Gasteiger partial charge in [0.05, 0.1) is 12.2 Å². The van der Waals surface area contributed by atoms with Crippen LogP contribution in [0.1, 0.15) is 22.3 Å². The fourth-order valence-corrected chi connectivity index (χ4v) is 6.02. The van der Waals surface area contributed by atoms with Crippen molar-refractivity contribution in [1.82, 2.24) is 4.90 Å². The number of halogens is 2. The van der Waals surface area contributed by atoms with Crippen LogP contribution in [0.3, 0.4) is 0 Å². The largest absolute Gasteiger partial charge is 0.323 e. The molecule has 5 rings (SSSR count). The molecule has 0 aromatic heterocycles. The molecule has 3 aromatic rings. The van der Waals surface area contributed by atoms with Crippen molar-refractivity contribution in [3.63, 3.8) is 0 Å². The number of benzene rings is 3. The average molecular weight is 480 g/mol. The van der Waals surface area contributed by atoms with Crippen molar-refractivity contribution in [2.24, 2.45) is 0 Å². The molecule has 1 saturated heterocycles. The number of nitrogens with one attached hydrogen (secondary N) is 1. The minimum atomic E-state index is -1.38. The maximum atomic E-state index is 14.4. The summed E-state index contributed by atoms with van der Waals surface area (Å²) in [5.41, 5.74) is 4.33. The van der Waals surface area contributed by atoms with Crippen LogP contribution in [0.2, 0.25) is 0 Å². The summed E-state index contributed by atoms with van der Waals surface area (Å²) in [5.74, 6) is -0.700. The Bertz CT molecular complexity index is 1310. The number of fused-ring (bicyclic) bond motifs is 2. The predicted molar refractivity (Wildman–Crippen MR) is 130 cm³/mol. The van der Waals surface area contributed by atoms with E-state index in [0.717, 1.165) is 11.1 Å². The van der Waals surface area contributed by atoms with Crippen molar-refractivity contribution in [3.8, 4) is 0 Å². The van der Waals surface area contributed by atoms with Gasteiger partial charge < -0.3 is 10.2 Å². The summed E-state index contributed by atoms with van der Waals surface area (Å²) in [6, 6.07) is 15.4. The third-order valence-corrected chi connectivity index (χ3v) is 7.81. The molecule has 8 heteroatoms. The third-order valence-electron chi connectivity index (χ3n) is 6.39. The number of thioether (sulfide) groups is 1. The molecule has 3 aromatic carbocycles. The molecule has 0 aliphatic carbocycles. The van der Waals surface area contributed by atoms with Crippen molar-refractivity contribution in [3.05, 3.63) is 94.6 Å². The van der Waals surface area contributed by atoms with Gasteiger partial charge in [0.2, 0.25) is 0 Å². The predicted octanol–water partition coefficient (Wildman–Crippen LogP) is 5.56. The molecule has 174 valence electrons. The zero-order valence-electron chi connectivity index (χ0n) is 18.8. The molecule has 0 radical (unpaired) electrons. The molecule has 0 unspecified atom stereocenters. The first-order valence-corrected chi connectivity index (χ1v) is 11.9. The Kier molecular flexibility index (Phi) is 5.56. The van der Waals surface area contributed by atoms with E-state index in [0.29, 0.717) is 34.8 Å². The lowest BCUT2D eigenvalue weighted by Gasteiger charge is -2.33. The summed E-state index contributed by atoms with van der Waals surface area (Å²) in [4.78, 5) is 28.9. The van der Waals surface area contributed by atoms with Crippen molar-refractivity contribution in [2.45, 2.75) is 25.3 Å². The Hall–Kier alpha value is -3.39. The Labute approximate surface area is 200 Å². The fraction of sp³-hybridized carbons (Fsp3) is 0.231. The number of nitrogens with zero attached hydrogens (tertiary/aromatic N) is 2. The first kappa shape index (κ1) is 22.4. The highest BCUT2D eigenvalue weighted by atomic mass is 32.2. The molecule has 1 spiro atoms. The fourth-order valence-electron chi connectivity index (χ4n) is 4.57. The van der Waals surface area contributed by atoms with E-state index >= 15 is 0 Å². The second-order valence-electron chi connectivity index (χ2n) is 8.56. The van der Waals surface area contributed by atoms with Crippen molar-refractivity contribution >= 4 is 35.1 Å². The van der Waals surface area contributed by atoms with Crippen LogP contribution in [0.5, 0.6) is 0 Å². The van der Waals surface area contributed by atoms with E-state index < -0.39 is 22.5 Å². The van der Waals surface area contributed by atoms with Gasteiger partial charge in [0.1, 0.15) is 11.6 Å². The Morgan fingerprint density at radius 2 is 1.82 bits per heavy atom. The molecular formula is C26H23F2N3O2S. The number of aryl methyl sites for hydroxylation is 2. The minimum absolute atomic E-state index is 0.115. The van der Waals surface area contributed by atoms with E-state index in [4.69, 9.17) is 0 Å². The number of carbonyl (C=O) groups excluding carboxylic acids is 2. The lowest BCUT2D eigenvalue weighted by molar-refractivity contribution is -0.123. The average Bonchev–Trinajstić information content (AvgIpc) is 3.34. The van der Waals surface area contributed by atoms with Crippen molar-refractivity contribution < 1.29 is 18.4 Å². The summed E-state index contributed by atoms with van der Waals surface area (Å²) in [7, 11) is 0. The van der Waals surface area contributed by atoms with Crippen LogP contribution in [0, 0.1) is 25.5 Å². The highest BCUT2D eigenvalue weighted by Gasteiger charge is 2.59. The van der Waals surface area contributed by atoms with Crippen molar-refractivity contribution in [2.75, 3.05) is 22.5 Å². The third kappa shape index (κ3) is 3.62. The second-order valence-corrected chi connectivity index (χ2v) is 9.84. The monoisotopic (exact) mass is 479 g/mol. The van der Waals surface area contributed by atoms with Gasteiger partial charge in [-0.25, -0.2) is 13.6 Å². The van der Waals surface area contributed by atoms with E-state index in [1.807, 2.05) is 32.0 Å². The number of hydrogen-bond acceptors (Lipinski definition) is 3. The second kappa shape index (κ2) is 8.43. The van der Waals surface area contributed by atoms with E-state index in [1.165, 1.54) is 45.8 Å². The molecule has 2 aliphatic heterocycles. The SMILES string of the molecule is Cc1ccc(NC(=O)N2CCS[C@@]23C(=O)N(Cc2cccc(F)c2)c2ccc(F)cc23)cc1C. The lowest BCUT2D eigenvalue weighted by atomic mass is 10.1. The zero-order chi connectivity index (χ0) is 24.0. The molecule has 1 N–H and O–H groups in total. The molecule has 2 heterocycles. The molecule has 34 heavy (non-hydrogen) atoms. The van der Waals surface area contributed by atoms with Gasteiger partial charge in [0.25, 0.3) is 5.91 Å². The van der Waals surface area contributed by atoms with Gasteiger partial charge in [0, 0.05) is 23.5 Å². The van der Waals surface area contributed by atoms with Crippen LogP contribution in [0.4, 0.5) is 25.0 Å². The number of hydrogen-bond donors (Lipinski definition) is 1. The van der Waals surface area contributed by atoms with Gasteiger partial charge in [-0.3, -0.25) is 9.69 Å². The Morgan fingerprint density at radius 1 is 1.03 bits per heavy atom. The maximum absolute atomic E-state index is 14.4. The molecule has 2 aliphatic rings. The first-order valence-electron chi connectivity index (χ1n) is 11.0. The first-order chi connectivity index (χ1) is 16.3. The molecule has 0 saturated carbocycles. The van der Waals surface area contributed by atoms with Gasteiger partial charge in [-0.15, -0.1) is 11.8 Å². The number of urea groups is 1. The number of rotatable bonds is 3. The topological polar surface area (TPSA) is 52.7 Å². The van der Waals surface area contributed by atoms with Crippen LogP contribution >= 0.6 is 11.8 Å². The maximum Gasteiger partial charge on any atom is 0.323 e.